The number of benzene rings is 1. The summed E-state index contributed by atoms with van der Waals surface area (Å²) in [6, 6.07) is 10.7. The zero-order valence-electron chi connectivity index (χ0n) is 15.1. The van der Waals surface area contributed by atoms with Crippen LogP contribution in [0.5, 0.6) is 0 Å². The molecule has 1 aromatic carbocycles. The molecule has 28 heavy (non-hydrogen) atoms. The fourth-order valence-electron chi connectivity index (χ4n) is 4.13. The summed E-state index contributed by atoms with van der Waals surface area (Å²) in [6.07, 6.45) is -1.62. The van der Waals surface area contributed by atoms with Gasteiger partial charge in [-0.3, -0.25) is 14.5 Å². The van der Waals surface area contributed by atoms with Crippen LogP contribution in [-0.2, 0) is 15.1 Å². The standard InChI is InChI=1S/C20H21F3N2O2S/c21-20(22,23)18(27)25(15-10-5-2-6-11-15)19(17(24)26,16-12-7-13-28-16)14-8-3-1-4-9-14/h2,5-7,10-14H,1,3-4,8-9H2,(H2,24,26). The zero-order valence-corrected chi connectivity index (χ0v) is 15.9. The minimum atomic E-state index is -5.15. The van der Waals surface area contributed by atoms with Crippen LogP contribution in [0.4, 0.5) is 18.9 Å². The average Bonchev–Trinajstić information content (AvgIpc) is 3.20. The summed E-state index contributed by atoms with van der Waals surface area (Å²) in [6.45, 7) is 0. The number of rotatable bonds is 5. The first kappa shape index (κ1) is 20.4. The highest BCUT2D eigenvalue weighted by atomic mass is 32.1. The number of anilines is 1. The molecule has 0 bridgehead atoms. The Kier molecular flexibility index (Phi) is 5.79. The zero-order chi connectivity index (χ0) is 20.4. The van der Waals surface area contributed by atoms with Gasteiger partial charge in [0, 0.05) is 10.6 Å². The maximum atomic E-state index is 13.6. The Morgan fingerprint density at radius 1 is 1.00 bits per heavy atom. The van der Waals surface area contributed by atoms with Crippen molar-refractivity contribution in [3.8, 4) is 0 Å². The van der Waals surface area contributed by atoms with Crippen LogP contribution in [0, 0.1) is 5.92 Å². The summed E-state index contributed by atoms with van der Waals surface area (Å²) in [5.41, 5.74) is 3.94. The first-order valence-corrected chi connectivity index (χ1v) is 9.98. The van der Waals surface area contributed by atoms with Gasteiger partial charge in [0.2, 0.25) is 5.91 Å². The first-order valence-electron chi connectivity index (χ1n) is 9.10. The number of amides is 2. The van der Waals surface area contributed by atoms with Crippen molar-refractivity contribution in [1.82, 2.24) is 0 Å². The predicted molar refractivity (Wildman–Crippen MR) is 102 cm³/mol. The minimum Gasteiger partial charge on any atom is -0.367 e. The Balaban J connectivity index is 2.30. The molecule has 1 unspecified atom stereocenters. The number of alkyl halides is 3. The number of carbonyl (C=O) groups is 2. The average molecular weight is 410 g/mol. The normalized spacial score (nSPS) is 17.7. The van der Waals surface area contributed by atoms with Crippen molar-refractivity contribution in [3.05, 3.63) is 52.7 Å². The van der Waals surface area contributed by atoms with Gasteiger partial charge in [-0.1, -0.05) is 43.5 Å². The molecule has 3 rings (SSSR count). The fourth-order valence-corrected chi connectivity index (χ4v) is 5.13. The van der Waals surface area contributed by atoms with Gasteiger partial charge in [-0.15, -0.1) is 11.3 Å². The second-order valence-electron chi connectivity index (χ2n) is 6.92. The van der Waals surface area contributed by atoms with E-state index in [9.17, 15) is 22.8 Å². The number of hydrogen-bond donors (Lipinski definition) is 1. The van der Waals surface area contributed by atoms with Crippen molar-refractivity contribution in [1.29, 1.82) is 0 Å². The van der Waals surface area contributed by atoms with Gasteiger partial charge < -0.3 is 5.73 Å². The molecule has 0 radical (unpaired) electrons. The van der Waals surface area contributed by atoms with Crippen molar-refractivity contribution in [2.24, 2.45) is 11.7 Å². The van der Waals surface area contributed by atoms with Gasteiger partial charge in [0.1, 0.15) is 0 Å². The van der Waals surface area contributed by atoms with Gasteiger partial charge in [0.25, 0.3) is 0 Å². The molecule has 2 amide bonds. The maximum absolute atomic E-state index is 13.6. The molecule has 1 fully saturated rings. The SMILES string of the molecule is NC(=O)C(c1cccs1)(C1CCCCC1)N(C(=O)C(F)(F)F)c1ccccc1. The molecule has 150 valence electrons. The van der Waals surface area contributed by atoms with Crippen molar-refractivity contribution >= 4 is 28.8 Å². The molecule has 1 saturated carbocycles. The molecular weight excluding hydrogens is 389 g/mol. The summed E-state index contributed by atoms with van der Waals surface area (Å²) in [5, 5.41) is 1.68. The maximum Gasteiger partial charge on any atom is 0.471 e. The minimum absolute atomic E-state index is 0.00241. The van der Waals surface area contributed by atoms with Crippen LogP contribution in [0.2, 0.25) is 0 Å². The van der Waals surface area contributed by atoms with Gasteiger partial charge in [0.15, 0.2) is 5.54 Å². The van der Waals surface area contributed by atoms with Crippen LogP contribution < -0.4 is 10.6 Å². The first-order chi connectivity index (χ1) is 13.3. The molecule has 1 atom stereocenters. The second kappa shape index (κ2) is 7.95. The molecule has 1 aliphatic rings. The molecule has 1 aromatic heterocycles. The van der Waals surface area contributed by atoms with Gasteiger partial charge >= 0.3 is 12.1 Å². The Morgan fingerprint density at radius 3 is 2.14 bits per heavy atom. The van der Waals surface area contributed by atoms with Crippen molar-refractivity contribution in [3.63, 3.8) is 0 Å². The third-order valence-electron chi connectivity index (χ3n) is 5.28. The van der Waals surface area contributed by atoms with Crippen LogP contribution in [0.25, 0.3) is 0 Å². The highest BCUT2D eigenvalue weighted by Crippen LogP contribution is 2.48. The highest BCUT2D eigenvalue weighted by molar-refractivity contribution is 7.10. The van der Waals surface area contributed by atoms with E-state index < -0.39 is 29.4 Å². The quantitative estimate of drug-likeness (QED) is 0.783. The van der Waals surface area contributed by atoms with E-state index in [2.05, 4.69) is 0 Å². The van der Waals surface area contributed by atoms with Gasteiger partial charge in [-0.25, -0.2) is 0 Å². The molecule has 0 spiro atoms. The molecule has 2 N–H and O–H groups in total. The number of carbonyl (C=O) groups excluding carboxylic acids is 2. The third-order valence-corrected chi connectivity index (χ3v) is 6.28. The number of hydrogen-bond acceptors (Lipinski definition) is 3. The third kappa shape index (κ3) is 3.53. The molecule has 1 heterocycles. The molecule has 0 saturated heterocycles. The molecule has 2 aromatic rings. The van der Waals surface area contributed by atoms with E-state index in [1.54, 1.807) is 23.6 Å². The molecular formula is C20H21F3N2O2S. The van der Waals surface area contributed by atoms with Crippen molar-refractivity contribution in [2.45, 2.75) is 43.8 Å². The summed E-state index contributed by atoms with van der Waals surface area (Å²) in [4.78, 5) is 26.5. The van der Waals surface area contributed by atoms with Crippen LogP contribution >= 0.6 is 11.3 Å². The number of primary amides is 1. The van der Waals surface area contributed by atoms with Gasteiger partial charge in [0.05, 0.1) is 0 Å². The lowest BCUT2D eigenvalue weighted by Crippen LogP contribution is -2.64. The van der Waals surface area contributed by atoms with Gasteiger partial charge in [-0.2, -0.15) is 13.2 Å². The van der Waals surface area contributed by atoms with Crippen LogP contribution in [0.3, 0.4) is 0 Å². The fraction of sp³-hybridized carbons (Fsp3) is 0.400. The number of para-hydroxylation sites is 1. The number of halogens is 3. The Hall–Kier alpha value is -2.35. The number of nitrogens with zero attached hydrogens (tertiary/aromatic N) is 1. The Bertz CT molecular complexity index is 818. The van der Waals surface area contributed by atoms with Gasteiger partial charge in [-0.05, 0) is 42.3 Å². The number of thiophene rings is 1. The molecule has 1 aliphatic carbocycles. The summed E-state index contributed by atoms with van der Waals surface area (Å²) in [7, 11) is 0. The lowest BCUT2D eigenvalue weighted by molar-refractivity contribution is -0.173. The van der Waals surface area contributed by atoms with E-state index in [4.69, 9.17) is 5.73 Å². The largest absolute Gasteiger partial charge is 0.471 e. The van der Waals surface area contributed by atoms with E-state index in [0.717, 1.165) is 30.6 Å². The van der Waals surface area contributed by atoms with Crippen LogP contribution in [0.15, 0.2) is 47.8 Å². The lowest BCUT2D eigenvalue weighted by Gasteiger charge is -2.47. The van der Waals surface area contributed by atoms with Crippen molar-refractivity contribution in [2.75, 3.05) is 4.90 Å². The predicted octanol–water partition coefficient (Wildman–Crippen LogP) is 4.60. The molecule has 8 heteroatoms. The second-order valence-corrected chi connectivity index (χ2v) is 7.86. The smallest absolute Gasteiger partial charge is 0.367 e. The summed E-state index contributed by atoms with van der Waals surface area (Å²) in [5.74, 6) is -3.52. The van der Waals surface area contributed by atoms with E-state index in [1.165, 1.54) is 24.3 Å². The molecule has 4 nitrogen and oxygen atoms in total. The van der Waals surface area contributed by atoms with E-state index in [1.807, 2.05) is 0 Å². The van der Waals surface area contributed by atoms with E-state index in [0.29, 0.717) is 22.6 Å². The Labute approximate surface area is 165 Å². The Morgan fingerprint density at radius 2 is 1.64 bits per heavy atom. The van der Waals surface area contributed by atoms with Crippen LogP contribution in [-0.4, -0.2) is 18.0 Å². The van der Waals surface area contributed by atoms with Crippen molar-refractivity contribution < 1.29 is 22.8 Å². The van der Waals surface area contributed by atoms with E-state index >= 15 is 0 Å². The van der Waals surface area contributed by atoms with Crippen LogP contribution in [0.1, 0.15) is 37.0 Å². The number of nitrogens with two attached hydrogens (primary N) is 1. The topological polar surface area (TPSA) is 63.4 Å². The lowest BCUT2D eigenvalue weighted by atomic mass is 9.71. The highest BCUT2D eigenvalue weighted by Gasteiger charge is 2.58. The monoisotopic (exact) mass is 410 g/mol. The molecule has 0 aliphatic heterocycles. The van der Waals surface area contributed by atoms with E-state index in [-0.39, 0.29) is 5.69 Å². The summed E-state index contributed by atoms with van der Waals surface area (Å²) >= 11 is 1.14. The summed E-state index contributed by atoms with van der Waals surface area (Å²) < 4.78 is 40.9.